The van der Waals surface area contributed by atoms with Crippen molar-refractivity contribution in [2.24, 2.45) is 5.41 Å². The maximum Gasteiger partial charge on any atom is 0.137 e. The maximum absolute atomic E-state index is 13.6. The van der Waals surface area contributed by atoms with Crippen LogP contribution in [0, 0.1) is 18.2 Å². The highest BCUT2D eigenvalue weighted by atomic mass is 79.9. The molecule has 1 N–H and O–H groups in total. The second kappa shape index (κ2) is 5.13. The minimum atomic E-state index is -0.218. The minimum absolute atomic E-state index is 0.136. The van der Waals surface area contributed by atoms with Gasteiger partial charge in [0.1, 0.15) is 5.82 Å². The molecule has 0 saturated carbocycles. The van der Waals surface area contributed by atoms with Crippen molar-refractivity contribution >= 4 is 21.6 Å². The largest absolute Gasteiger partial charge is 0.377 e. The smallest absolute Gasteiger partial charge is 0.137 e. The monoisotopic (exact) mass is 347 g/mol. The SMILES string of the molecule is Cc1cc(F)c(Br)cc1NC1c2ccccc2CC1(C)C. The van der Waals surface area contributed by atoms with Crippen LogP contribution < -0.4 is 5.32 Å². The van der Waals surface area contributed by atoms with E-state index in [9.17, 15) is 4.39 Å². The van der Waals surface area contributed by atoms with E-state index in [-0.39, 0.29) is 17.3 Å². The fraction of sp³-hybridized carbons (Fsp3) is 0.333. The molecule has 0 bridgehead atoms. The fourth-order valence-electron chi connectivity index (χ4n) is 3.22. The Morgan fingerprint density at radius 2 is 1.95 bits per heavy atom. The first-order chi connectivity index (χ1) is 9.88. The van der Waals surface area contributed by atoms with Crippen molar-refractivity contribution in [1.82, 2.24) is 0 Å². The van der Waals surface area contributed by atoms with E-state index in [0.29, 0.717) is 4.47 Å². The van der Waals surface area contributed by atoms with Crippen LogP contribution >= 0.6 is 15.9 Å². The zero-order valence-electron chi connectivity index (χ0n) is 12.5. The average Bonchev–Trinajstić information content (AvgIpc) is 2.67. The van der Waals surface area contributed by atoms with E-state index >= 15 is 0 Å². The summed E-state index contributed by atoms with van der Waals surface area (Å²) in [6.45, 7) is 6.49. The average molecular weight is 348 g/mol. The summed E-state index contributed by atoms with van der Waals surface area (Å²) in [5.41, 5.74) is 4.80. The van der Waals surface area contributed by atoms with Crippen molar-refractivity contribution in [2.75, 3.05) is 5.32 Å². The molecule has 3 heteroatoms. The van der Waals surface area contributed by atoms with Crippen molar-refractivity contribution in [2.45, 2.75) is 33.2 Å². The fourth-order valence-corrected chi connectivity index (χ4v) is 3.56. The third kappa shape index (κ3) is 2.59. The Labute approximate surface area is 133 Å². The summed E-state index contributed by atoms with van der Waals surface area (Å²) < 4.78 is 14.1. The minimum Gasteiger partial charge on any atom is -0.377 e. The summed E-state index contributed by atoms with van der Waals surface area (Å²) in [5, 5.41) is 3.63. The summed E-state index contributed by atoms with van der Waals surface area (Å²) in [6, 6.07) is 12.2. The number of fused-ring (bicyclic) bond motifs is 1. The summed E-state index contributed by atoms with van der Waals surface area (Å²) >= 11 is 3.27. The molecule has 110 valence electrons. The van der Waals surface area contributed by atoms with Gasteiger partial charge >= 0.3 is 0 Å². The predicted molar refractivity (Wildman–Crippen MR) is 89.1 cm³/mol. The van der Waals surface area contributed by atoms with Gasteiger partial charge in [0.05, 0.1) is 10.5 Å². The molecule has 0 spiro atoms. The third-order valence-electron chi connectivity index (χ3n) is 4.36. The van der Waals surface area contributed by atoms with Crippen LogP contribution in [-0.4, -0.2) is 0 Å². The first kappa shape index (κ1) is 14.6. The molecule has 21 heavy (non-hydrogen) atoms. The normalized spacial score (nSPS) is 19.4. The molecule has 0 amide bonds. The molecule has 2 aromatic rings. The van der Waals surface area contributed by atoms with Crippen molar-refractivity contribution in [3.8, 4) is 0 Å². The van der Waals surface area contributed by atoms with E-state index in [1.165, 1.54) is 11.1 Å². The van der Waals surface area contributed by atoms with Crippen LogP contribution in [0.3, 0.4) is 0 Å². The zero-order chi connectivity index (χ0) is 15.2. The Morgan fingerprint density at radius 3 is 2.71 bits per heavy atom. The van der Waals surface area contributed by atoms with Crippen molar-refractivity contribution in [1.29, 1.82) is 0 Å². The molecule has 1 atom stereocenters. The first-order valence-electron chi connectivity index (χ1n) is 7.18. The predicted octanol–water partition coefficient (Wildman–Crippen LogP) is 5.63. The van der Waals surface area contributed by atoms with E-state index in [2.05, 4.69) is 59.4 Å². The van der Waals surface area contributed by atoms with Crippen molar-refractivity contribution in [3.63, 3.8) is 0 Å². The first-order valence-corrected chi connectivity index (χ1v) is 7.98. The van der Waals surface area contributed by atoms with Crippen molar-refractivity contribution < 1.29 is 4.39 Å². The summed E-state index contributed by atoms with van der Waals surface area (Å²) in [4.78, 5) is 0. The molecule has 0 heterocycles. The molecule has 0 aromatic heterocycles. The molecule has 0 aliphatic heterocycles. The lowest BCUT2D eigenvalue weighted by atomic mass is 9.85. The van der Waals surface area contributed by atoms with Crippen molar-refractivity contribution in [3.05, 3.63) is 63.4 Å². The van der Waals surface area contributed by atoms with E-state index in [0.717, 1.165) is 17.7 Å². The van der Waals surface area contributed by atoms with Crippen LogP contribution in [0.5, 0.6) is 0 Å². The standard InChI is InChI=1S/C18H19BrFN/c1-11-8-15(20)14(19)9-16(11)21-17-13-7-5-4-6-12(13)10-18(17,2)3/h4-9,17,21H,10H2,1-3H3. The highest BCUT2D eigenvalue weighted by molar-refractivity contribution is 9.10. The highest BCUT2D eigenvalue weighted by Crippen LogP contribution is 2.47. The molecule has 0 radical (unpaired) electrons. The lowest BCUT2D eigenvalue weighted by Gasteiger charge is -2.30. The number of aryl methyl sites for hydroxylation is 1. The Balaban J connectivity index is 1.99. The van der Waals surface area contributed by atoms with Gasteiger partial charge in [-0.2, -0.15) is 0 Å². The van der Waals surface area contributed by atoms with Crippen LogP contribution in [-0.2, 0) is 6.42 Å². The third-order valence-corrected chi connectivity index (χ3v) is 4.97. The number of hydrogen-bond acceptors (Lipinski definition) is 1. The van der Waals surface area contributed by atoms with Gasteiger partial charge in [-0.15, -0.1) is 0 Å². The molecule has 1 aliphatic carbocycles. The second-order valence-electron chi connectivity index (χ2n) is 6.52. The van der Waals surface area contributed by atoms with Gasteiger partial charge in [0.2, 0.25) is 0 Å². The van der Waals surface area contributed by atoms with Gasteiger partial charge in [0, 0.05) is 5.69 Å². The van der Waals surface area contributed by atoms with E-state index in [4.69, 9.17) is 0 Å². The molecular formula is C18H19BrFN. The van der Waals surface area contributed by atoms with Gasteiger partial charge in [0.15, 0.2) is 0 Å². The Hall–Kier alpha value is -1.35. The van der Waals surface area contributed by atoms with E-state index in [1.807, 2.05) is 13.0 Å². The van der Waals surface area contributed by atoms with Gasteiger partial charge in [-0.05, 0) is 63.5 Å². The molecule has 1 aliphatic rings. The van der Waals surface area contributed by atoms with Gasteiger partial charge in [-0.3, -0.25) is 0 Å². The maximum atomic E-state index is 13.6. The molecule has 3 rings (SSSR count). The van der Waals surface area contributed by atoms with Crippen LogP contribution in [0.25, 0.3) is 0 Å². The topological polar surface area (TPSA) is 12.0 Å². The Morgan fingerprint density at radius 1 is 1.24 bits per heavy atom. The summed E-state index contributed by atoms with van der Waals surface area (Å²) in [7, 11) is 0. The number of hydrogen-bond donors (Lipinski definition) is 1. The highest BCUT2D eigenvalue weighted by Gasteiger charge is 2.38. The van der Waals surface area contributed by atoms with Crippen LogP contribution in [0.4, 0.5) is 10.1 Å². The Bertz CT molecular complexity index is 694. The molecule has 2 aromatic carbocycles. The lowest BCUT2D eigenvalue weighted by Crippen LogP contribution is -2.24. The van der Waals surface area contributed by atoms with Gasteiger partial charge in [0.25, 0.3) is 0 Å². The summed E-state index contributed by atoms with van der Waals surface area (Å²) in [5.74, 6) is -0.218. The van der Waals surface area contributed by atoms with Gasteiger partial charge in [-0.1, -0.05) is 38.1 Å². The molecule has 0 fully saturated rings. The summed E-state index contributed by atoms with van der Waals surface area (Å²) in [6.07, 6.45) is 1.06. The Kier molecular flexibility index (Phi) is 3.56. The molecule has 0 saturated heterocycles. The van der Waals surface area contributed by atoms with E-state index < -0.39 is 0 Å². The van der Waals surface area contributed by atoms with Gasteiger partial charge in [-0.25, -0.2) is 4.39 Å². The number of anilines is 1. The number of benzene rings is 2. The second-order valence-corrected chi connectivity index (χ2v) is 7.38. The number of nitrogens with one attached hydrogen (secondary N) is 1. The van der Waals surface area contributed by atoms with Gasteiger partial charge < -0.3 is 5.32 Å². The van der Waals surface area contributed by atoms with Crippen LogP contribution in [0.1, 0.15) is 36.6 Å². The zero-order valence-corrected chi connectivity index (χ0v) is 14.1. The number of rotatable bonds is 2. The molecular weight excluding hydrogens is 329 g/mol. The van der Waals surface area contributed by atoms with E-state index in [1.54, 1.807) is 6.07 Å². The quantitative estimate of drug-likeness (QED) is 0.741. The van der Waals surface area contributed by atoms with Crippen LogP contribution in [0.2, 0.25) is 0 Å². The molecule has 1 unspecified atom stereocenters. The number of halogens is 2. The lowest BCUT2D eigenvalue weighted by molar-refractivity contribution is 0.337. The van der Waals surface area contributed by atoms with Crippen LogP contribution in [0.15, 0.2) is 40.9 Å². The molecule has 1 nitrogen and oxygen atoms in total.